The Morgan fingerprint density at radius 2 is 1.94 bits per heavy atom. The molecular weight excluding hydrogens is 212 g/mol. The third-order valence-electron chi connectivity index (χ3n) is 2.84. The van der Waals surface area contributed by atoms with Gasteiger partial charge >= 0.3 is 0 Å². The van der Waals surface area contributed by atoms with E-state index in [1.54, 1.807) is 13.8 Å². The van der Waals surface area contributed by atoms with Crippen LogP contribution in [0.25, 0.3) is 0 Å². The van der Waals surface area contributed by atoms with Gasteiger partial charge in [-0.1, -0.05) is 6.92 Å². The number of carbonyl (C=O) groups is 1. The topological polar surface area (TPSA) is 76.0 Å². The summed E-state index contributed by atoms with van der Waals surface area (Å²) in [6.07, 6.45) is -1.37. The van der Waals surface area contributed by atoms with Crippen molar-refractivity contribution >= 4 is 5.78 Å². The molecule has 94 valence electrons. The fourth-order valence-corrected chi connectivity index (χ4v) is 1.64. The van der Waals surface area contributed by atoms with E-state index in [-0.39, 0.29) is 12.2 Å². The molecule has 16 heavy (non-hydrogen) atoms. The molecule has 1 saturated heterocycles. The van der Waals surface area contributed by atoms with Crippen molar-refractivity contribution in [2.75, 3.05) is 13.2 Å². The highest BCUT2D eigenvalue weighted by Crippen LogP contribution is 2.24. The molecule has 0 aromatic rings. The van der Waals surface area contributed by atoms with Crippen LogP contribution in [-0.2, 0) is 14.3 Å². The van der Waals surface area contributed by atoms with Gasteiger partial charge < -0.3 is 19.7 Å². The van der Waals surface area contributed by atoms with Crippen LogP contribution < -0.4 is 0 Å². The summed E-state index contributed by atoms with van der Waals surface area (Å²) < 4.78 is 10.7. The first kappa shape index (κ1) is 13.6. The van der Waals surface area contributed by atoms with Crippen molar-refractivity contribution < 1.29 is 24.5 Å². The predicted molar refractivity (Wildman–Crippen MR) is 56.9 cm³/mol. The van der Waals surface area contributed by atoms with Crippen LogP contribution in [0.1, 0.15) is 33.1 Å². The van der Waals surface area contributed by atoms with Crippen molar-refractivity contribution in [2.45, 2.75) is 51.1 Å². The maximum Gasteiger partial charge on any atom is 0.166 e. The lowest BCUT2D eigenvalue weighted by Crippen LogP contribution is -2.35. The number of ether oxygens (including phenoxy) is 2. The second-order valence-electron chi connectivity index (χ2n) is 4.22. The molecule has 0 spiro atoms. The van der Waals surface area contributed by atoms with Crippen molar-refractivity contribution in [3.63, 3.8) is 0 Å². The van der Waals surface area contributed by atoms with Crippen LogP contribution in [0, 0.1) is 0 Å². The first-order valence-corrected chi connectivity index (χ1v) is 5.65. The van der Waals surface area contributed by atoms with E-state index < -0.39 is 18.0 Å². The van der Waals surface area contributed by atoms with Gasteiger partial charge in [0.25, 0.3) is 0 Å². The molecule has 0 amide bonds. The van der Waals surface area contributed by atoms with Gasteiger partial charge in [0.1, 0.15) is 6.10 Å². The van der Waals surface area contributed by atoms with Gasteiger partial charge in [0, 0.05) is 12.8 Å². The number of hydrogen-bond donors (Lipinski definition) is 2. The highest BCUT2D eigenvalue weighted by Gasteiger charge is 2.32. The molecule has 1 aliphatic rings. The monoisotopic (exact) mass is 232 g/mol. The summed E-state index contributed by atoms with van der Waals surface area (Å²) >= 11 is 0. The molecule has 5 nitrogen and oxygen atoms in total. The van der Waals surface area contributed by atoms with Crippen LogP contribution in [0.4, 0.5) is 0 Å². The minimum Gasteiger partial charge on any atom is -0.390 e. The highest BCUT2D eigenvalue weighted by atomic mass is 16.7. The lowest BCUT2D eigenvalue weighted by atomic mass is 10.0. The highest BCUT2D eigenvalue weighted by molar-refractivity contribution is 5.83. The molecule has 1 fully saturated rings. The quantitative estimate of drug-likeness (QED) is 0.685. The molecule has 0 aromatic heterocycles. The Balaban J connectivity index is 2.34. The van der Waals surface area contributed by atoms with E-state index in [1.165, 1.54) is 0 Å². The Morgan fingerprint density at radius 3 is 2.44 bits per heavy atom. The van der Waals surface area contributed by atoms with Gasteiger partial charge in [0.2, 0.25) is 0 Å². The zero-order valence-electron chi connectivity index (χ0n) is 9.81. The van der Waals surface area contributed by atoms with E-state index >= 15 is 0 Å². The van der Waals surface area contributed by atoms with Crippen molar-refractivity contribution in [1.82, 2.24) is 0 Å². The van der Waals surface area contributed by atoms with Gasteiger partial charge in [-0.05, 0) is 13.3 Å². The van der Waals surface area contributed by atoms with E-state index in [0.29, 0.717) is 26.1 Å². The summed E-state index contributed by atoms with van der Waals surface area (Å²) in [4.78, 5) is 11.5. The van der Waals surface area contributed by atoms with E-state index in [2.05, 4.69) is 0 Å². The first-order valence-electron chi connectivity index (χ1n) is 5.65. The third-order valence-corrected chi connectivity index (χ3v) is 2.84. The van der Waals surface area contributed by atoms with Crippen LogP contribution in [0.5, 0.6) is 0 Å². The summed E-state index contributed by atoms with van der Waals surface area (Å²) in [5.74, 6) is -1.08. The van der Waals surface area contributed by atoms with E-state index in [9.17, 15) is 15.0 Å². The molecule has 2 atom stereocenters. The fourth-order valence-electron chi connectivity index (χ4n) is 1.64. The smallest absolute Gasteiger partial charge is 0.166 e. The van der Waals surface area contributed by atoms with Crippen molar-refractivity contribution in [3.8, 4) is 0 Å². The standard InChI is InChI=1S/C11H20O5/c1-3-8(12)10(14)9(13)4-5-11(2)15-6-7-16-11/h8,10,12,14H,3-7H2,1-2H3/t8-,10+/m1/s1. The van der Waals surface area contributed by atoms with Crippen LogP contribution in [-0.4, -0.2) is 47.2 Å². The molecule has 5 heteroatoms. The molecule has 0 aliphatic carbocycles. The molecule has 1 heterocycles. The predicted octanol–water partition coefficient (Wildman–Crippen LogP) is 0.230. The molecule has 2 N–H and O–H groups in total. The zero-order valence-corrected chi connectivity index (χ0v) is 9.81. The number of Topliss-reactive ketones (excluding diaryl/α,β-unsaturated/α-hetero) is 1. The number of ketones is 1. The third kappa shape index (κ3) is 3.52. The minimum absolute atomic E-state index is 0.148. The molecule has 0 aromatic carbocycles. The molecule has 0 bridgehead atoms. The Morgan fingerprint density at radius 1 is 1.38 bits per heavy atom. The van der Waals surface area contributed by atoms with Crippen molar-refractivity contribution in [2.24, 2.45) is 0 Å². The lowest BCUT2D eigenvalue weighted by Gasteiger charge is -2.23. The summed E-state index contributed by atoms with van der Waals surface area (Å²) in [5.41, 5.74) is 0. The zero-order chi connectivity index (χ0) is 12.2. The molecule has 0 unspecified atom stereocenters. The first-order chi connectivity index (χ1) is 7.48. The molecular formula is C11H20O5. The maximum absolute atomic E-state index is 11.5. The Labute approximate surface area is 95.4 Å². The summed E-state index contributed by atoms with van der Waals surface area (Å²) in [5, 5.41) is 18.8. The number of carbonyl (C=O) groups excluding carboxylic acids is 1. The Bertz CT molecular complexity index is 235. The summed E-state index contributed by atoms with van der Waals surface area (Å²) in [6, 6.07) is 0. The lowest BCUT2D eigenvalue weighted by molar-refractivity contribution is -0.155. The van der Waals surface area contributed by atoms with Crippen molar-refractivity contribution in [1.29, 1.82) is 0 Å². The molecule has 1 aliphatic heterocycles. The molecule has 1 rings (SSSR count). The summed E-state index contributed by atoms with van der Waals surface area (Å²) in [6.45, 7) is 4.55. The fraction of sp³-hybridized carbons (Fsp3) is 0.909. The Hall–Kier alpha value is -0.490. The molecule has 0 saturated carbocycles. The summed E-state index contributed by atoms with van der Waals surface area (Å²) in [7, 11) is 0. The van der Waals surface area contributed by atoms with Gasteiger partial charge in [-0.15, -0.1) is 0 Å². The van der Waals surface area contributed by atoms with E-state index in [0.717, 1.165) is 0 Å². The number of hydrogen-bond acceptors (Lipinski definition) is 5. The van der Waals surface area contributed by atoms with Crippen LogP contribution in [0.3, 0.4) is 0 Å². The van der Waals surface area contributed by atoms with Crippen LogP contribution >= 0.6 is 0 Å². The van der Waals surface area contributed by atoms with Crippen LogP contribution in [0.15, 0.2) is 0 Å². The second-order valence-corrected chi connectivity index (χ2v) is 4.22. The van der Waals surface area contributed by atoms with Crippen LogP contribution in [0.2, 0.25) is 0 Å². The minimum atomic E-state index is -1.30. The maximum atomic E-state index is 11.5. The number of rotatable bonds is 6. The Kier molecular flexibility index (Phi) is 4.86. The number of aliphatic hydroxyl groups excluding tert-OH is 2. The van der Waals surface area contributed by atoms with E-state index in [1.807, 2.05) is 0 Å². The van der Waals surface area contributed by atoms with Gasteiger partial charge in [-0.2, -0.15) is 0 Å². The normalized spacial score (nSPS) is 23.0. The largest absolute Gasteiger partial charge is 0.390 e. The second kappa shape index (κ2) is 5.72. The molecule has 0 radical (unpaired) electrons. The number of aliphatic hydroxyl groups is 2. The van der Waals surface area contributed by atoms with Gasteiger partial charge in [0.05, 0.1) is 19.3 Å². The van der Waals surface area contributed by atoms with Gasteiger partial charge in [-0.3, -0.25) is 4.79 Å². The van der Waals surface area contributed by atoms with Crippen molar-refractivity contribution in [3.05, 3.63) is 0 Å². The SMILES string of the molecule is CC[C@@H](O)[C@H](O)C(=O)CCC1(C)OCCO1. The average molecular weight is 232 g/mol. The van der Waals surface area contributed by atoms with Gasteiger partial charge in [-0.25, -0.2) is 0 Å². The van der Waals surface area contributed by atoms with E-state index in [4.69, 9.17) is 9.47 Å². The average Bonchev–Trinajstić information content (AvgIpc) is 2.71. The van der Waals surface area contributed by atoms with Gasteiger partial charge in [0.15, 0.2) is 11.6 Å².